The summed E-state index contributed by atoms with van der Waals surface area (Å²) in [5.74, 6) is -0.372. The van der Waals surface area contributed by atoms with Gasteiger partial charge in [0.25, 0.3) is 11.5 Å². The molecule has 1 amide bonds. The Labute approximate surface area is 132 Å². The highest BCUT2D eigenvalue weighted by Gasteiger charge is 2.25. The Balaban J connectivity index is 1.65. The van der Waals surface area contributed by atoms with E-state index < -0.39 is 5.56 Å². The number of carbonyl (C=O) groups excluding carboxylic acids is 1. The first-order valence-corrected chi connectivity index (χ1v) is 7.60. The number of amides is 1. The average Bonchev–Trinajstić information content (AvgIpc) is 3.09. The number of hydrogen-bond donors (Lipinski definition) is 2. The molecule has 0 bridgehead atoms. The van der Waals surface area contributed by atoms with Crippen LogP contribution in [0.4, 0.5) is 0 Å². The first-order chi connectivity index (χ1) is 11.1. The molecule has 1 aromatic carbocycles. The number of nitrogens with zero attached hydrogens (tertiary/aromatic N) is 2. The molecule has 0 fully saturated rings. The molecule has 23 heavy (non-hydrogen) atoms. The number of aryl methyl sites for hydroxylation is 2. The van der Waals surface area contributed by atoms with Crippen molar-refractivity contribution < 1.29 is 4.79 Å². The van der Waals surface area contributed by atoms with Gasteiger partial charge in [-0.25, -0.2) is 4.52 Å². The van der Waals surface area contributed by atoms with Gasteiger partial charge >= 0.3 is 0 Å². The molecule has 0 radical (unpaired) electrons. The predicted octanol–water partition coefficient (Wildman–Crippen LogP) is 1.75. The monoisotopic (exact) mass is 308 g/mol. The maximum atomic E-state index is 12.5. The van der Waals surface area contributed by atoms with Gasteiger partial charge in [0.1, 0.15) is 11.2 Å². The van der Waals surface area contributed by atoms with Crippen LogP contribution in [0.2, 0.25) is 0 Å². The number of aromatic amines is 1. The molecule has 1 atom stereocenters. The van der Waals surface area contributed by atoms with E-state index in [1.54, 1.807) is 6.07 Å². The number of rotatable bonds is 2. The smallest absolute Gasteiger partial charge is 0.263 e. The van der Waals surface area contributed by atoms with Crippen LogP contribution in [0.3, 0.4) is 0 Å². The second-order valence-electron chi connectivity index (χ2n) is 5.88. The van der Waals surface area contributed by atoms with E-state index in [9.17, 15) is 9.59 Å². The Morgan fingerprint density at radius 3 is 3.09 bits per heavy atom. The standard InChI is InChI=1S/C17H16N4O2/c1-10-8-15-19-17(23)13(9-21(15)20-10)16(22)18-14-7-6-11-4-2-3-5-12(11)14/h2-5,8-9,14H,6-7H2,1H3,(H,18,22)(H,19,23)/t14-/m0/s1. The highest BCUT2D eigenvalue weighted by atomic mass is 16.2. The fraction of sp³-hybridized carbons (Fsp3) is 0.235. The van der Waals surface area contributed by atoms with Gasteiger partial charge in [-0.05, 0) is 30.9 Å². The zero-order valence-corrected chi connectivity index (χ0v) is 12.7. The number of hydrogen-bond acceptors (Lipinski definition) is 3. The molecule has 1 aliphatic rings. The van der Waals surface area contributed by atoms with Crippen LogP contribution in [-0.4, -0.2) is 20.5 Å². The topological polar surface area (TPSA) is 79.3 Å². The Hall–Kier alpha value is -2.89. The fourth-order valence-corrected chi connectivity index (χ4v) is 3.18. The van der Waals surface area contributed by atoms with Gasteiger partial charge in [-0.3, -0.25) is 9.59 Å². The molecule has 0 unspecified atom stereocenters. The van der Waals surface area contributed by atoms with Crippen molar-refractivity contribution in [3.8, 4) is 0 Å². The molecule has 6 nitrogen and oxygen atoms in total. The molecule has 0 aliphatic heterocycles. The maximum absolute atomic E-state index is 12.5. The van der Waals surface area contributed by atoms with Gasteiger partial charge in [0.2, 0.25) is 0 Å². The number of aromatic nitrogens is 3. The van der Waals surface area contributed by atoms with Crippen molar-refractivity contribution in [3.63, 3.8) is 0 Å². The van der Waals surface area contributed by atoms with E-state index in [0.717, 1.165) is 24.1 Å². The summed E-state index contributed by atoms with van der Waals surface area (Å²) in [5.41, 5.74) is 3.42. The summed E-state index contributed by atoms with van der Waals surface area (Å²) in [5, 5.41) is 7.20. The van der Waals surface area contributed by atoms with Crippen LogP contribution in [0.5, 0.6) is 0 Å². The zero-order chi connectivity index (χ0) is 16.0. The van der Waals surface area contributed by atoms with Crippen LogP contribution in [0, 0.1) is 6.92 Å². The van der Waals surface area contributed by atoms with Gasteiger partial charge in [-0.15, -0.1) is 0 Å². The minimum atomic E-state index is -0.402. The van der Waals surface area contributed by atoms with Crippen molar-refractivity contribution in [3.05, 3.63) is 69.3 Å². The van der Waals surface area contributed by atoms with Crippen molar-refractivity contribution in [1.29, 1.82) is 0 Å². The van der Waals surface area contributed by atoms with Crippen molar-refractivity contribution in [1.82, 2.24) is 19.9 Å². The SMILES string of the molecule is Cc1cc2[nH]c(=O)c(C(=O)N[C@H]3CCc4ccccc43)cn2n1. The van der Waals surface area contributed by atoms with E-state index in [1.165, 1.54) is 16.3 Å². The minimum absolute atomic E-state index is 0.0480. The first kappa shape index (κ1) is 13.8. The second-order valence-corrected chi connectivity index (χ2v) is 5.88. The van der Waals surface area contributed by atoms with Crippen molar-refractivity contribution in [2.24, 2.45) is 0 Å². The number of carbonyl (C=O) groups is 1. The molecule has 116 valence electrons. The van der Waals surface area contributed by atoms with Crippen molar-refractivity contribution in [2.75, 3.05) is 0 Å². The van der Waals surface area contributed by atoms with Gasteiger partial charge in [0.05, 0.1) is 11.7 Å². The van der Waals surface area contributed by atoms with E-state index >= 15 is 0 Å². The summed E-state index contributed by atoms with van der Waals surface area (Å²) in [6, 6.07) is 9.78. The summed E-state index contributed by atoms with van der Waals surface area (Å²) in [6.45, 7) is 1.83. The van der Waals surface area contributed by atoms with Crippen LogP contribution in [0.15, 0.2) is 41.3 Å². The van der Waals surface area contributed by atoms with Crippen LogP contribution in [0.25, 0.3) is 5.65 Å². The lowest BCUT2D eigenvalue weighted by molar-refractivity contribution is 0.0934. The normalized spacial score (nSPS) is 16.5. The lowest BCUT2D eigenvalue weighted by atomic mass is 10.1. The predicted molar refractivity (Wildman–Crippen MR) is 85.5 cm³/mol. The molecule has 4 rings (SSSR count). The van der Waals surface area contributed by atoms with E-state index in [4.69, 9.17) is 0 Å². The zero-order valence-electron chi connectivity index (χ0n) is 12.7. The fourth-order valence-electron chi connectivity index (χ4n) is 3.18. The molecule has 0 spiro atoms. The molecule has 0 saturated carbocycles. The molecule has 6 heteroatoms. The van der Waals surface area contributed by atoms with Crippen LogP contribution in [0.1, 0.15) is 39.6 Å². The molecular formula is C17H16N4O2. The summed E-state index contributed by atoms with van der Waals surface area (Å²) >= 11 is 0. The molecule has 1 aliphatic carbocycles. The summed E-state index contributed by atoms with van der Waals surface area (Å²) in [4.78, 5) is 27.3. The third-order valence-corrected chi connectivity index (χ3v) is 4.28. The highest BCUT2D eigenvalue weighted by Crippen LogP contribution is 2.30. The largest absolute Gasteiger partial charge is 0.345 e. The summed E-state index contributed by atoms with van der Waals surface area (Å²) in [7, 11) is 0. The van der Waals surface area contributed by atoms with Crippen molar-refractivity contribution in [2.45, 2.75) is 25.8 Å². The van der Waals surface area contributed by atoms with Crippen molar-refractivity contribution >= 4 is 11.6 Å². The van der Waals surface area contributed by atoms with Gasteiger partial charge in [-0.1, -0.05) is 24.3 Å². The molecule has 2 aromatic heterocycles. The second kappa shape index (κ2) is 5.08. The number of nitrogens with one attached hydrogen (secondary N) is 2. The quantitative estimate of drug-likeness (QED) is 0.757. The van der Waals surface area contributed by atoms with Gasteiger partial charge in [0, 0.05) is 12.3 Å². The molecular weight excluding hydrogens is 292 g/mol. The lowest BCUT2D eigenvalue weighted by Gasteiger charge is -2.13. The Bertz CT molecular complexity index is 970. The lowest BCUT2D eigenvalue weighted by Crippen LogP contribution is -2.32. The maximum Gasteiger partial charge on any atom is 0.263 e. The number of fused-ring (bicyclic) bond motifs is 2. The van der Waals surface area contributed by atoms with E-state index in [-0.39, 0.29) is 17.5 Å². The van der Waals surface area contributed by atoms with Crippen LogP contribution < -0.4 is 10.9 Å². The Morgan fingerprint density at radius 1 is 1.39 bits per heavy atom. The highest BCUT2D eigenvalue weighted by molar-refractivity contribution is 5.94. The summed E-state index contributed by atoms with van der Waals surface area (Å²) in [6.07, 6.45) is 3.28. The van der Waals surface area contributed by atoms with Gasteiger partial charge < -0.3 is 10.3 Å². The number of benzene rings is 1. The van der Waals surface area contributed by atoms with Crippen LogP contribution >= 0.6 is 0 Å². The third kappa shape index (κ3) is 2.32. The Morgan fingerprint density at radius 2 is 2.22 bits per heavy atom. The van der Waals surface area contributed by atoms with Gasteiger partial charge in [0.15, 0.2) is 0 Å². The summed E-state index contributed by atoms with van der Waals surface area (Å²) < 4.78 is 1.52. The first-order valence-electron chi connectivity index (χ1n) is 7.60. The van der Waals surface area contributed by atoms with Crippen LogP contribution in [-0.2, 0) is 6.42 Å². The molecule has 2 heterocycles. The average molecular weight is 308 g/mol. The third-order valence-electron chi connectivity index (χ3n) is 4.28. The van der Waals surface area contributed by atoms with Gasteiger partial charge in [-0.2, -0.15) is 5.10 Å². The van der Waals surface area contributed by atoms with E-state index in [0.29, 0.717) is 5.65 Å². The molecule has 3 aromatic rings. The molecule has 2 N–H and O–H groups in total. The van der Waals surface area contributed by atoms with E-state index in [1.807, 2.05) is 25.1 Å². The molecule has 0 saturated heterocycles. The van der Waals surface area contributed by atoms with E-state index in [2.05, 4.69) is 21.5 Å². The number of H-pyrrole nitrogens is 1. The Kier molecular flexibility index (Phi) is 3.04. The minimum Gasteiger partial charge on any atom is -0.345 e.